The Morgan fingerprint density at radius 1 is 1.43 bits per heavy atom. The molecule has 1 aliphatic carbocycles. The molecular formula is C12H23NO. The molecule has 2 nitrogen and oxygen atoms in total. The van der Waals surface area contributed by atoms with Gasteiger partial charge in [-0.2, -0.15) is 0 Å². The highest BCUT2D eigenvalue weighted by Gasteiger charge is 2.25. The first-order valence-electron chi connectivity index (χ1n) is 5.86. The third-order valence-corrected chi connectivity index (χ3v) is 3.21. The Hall–Kier alpha value is -0.370. The van der Waals surface area contributed by atoms with Crippen molar-refractivity contribution in [3.8, 4) is 0 Å². The zero-order valence-corrected chi connectivity index (χ0v) is 9.46. The van der Waals surface area contributed by atoms with Crippen molar-refractivity contribution in [2.24, 2.45) is 23.5 Å². The van der Waals surface area contributed by atoms with E-state index in [1.165, 1.54) is 19.3 Å². The molecule has 0 aromatic rings. The molecule has 0 saturated heterocycles. The van der Waals surface area contributed by atoms with Crippen molar-refractivity contribution in [3.63, 3.8) is 0 Å². The zero-order valence-electron chi connectivity index (χ0n) is 9.46. The summed E-state index contributed by atoms with van der Waals surface area (Å²) in [6.07, 6.45) is 5.57. The van der Waals surface area contributed by atoms with Crippen LogP contribution in [0.2, 0.25) is 0 Å². The molecule has 14 heavy (non-hydrogen) atoms. The summed E-state index contributed by atoms with van der Waals surface area (Å²) in [5.74, 6) is 1.79. The molecule has 82 valence electrons. The molecule has 0 bridgehead atoms. The van der Waals surface area contributed by atoms with Gasteiger partial charge in [0.2, 0.25) is 0 Å². The Bertz CT molecular complexity index is 185. The fourth-order valence-corrected chi connectivity index (χ4v) is 2.08. The highest BCUT2D eigenvalue weighted by atomic mass is 16.1. The van der Waals surface area contributed by atoms with Gasteiger partial charge in [-0.1, -0.05) is 33.1 Å². The van der Waals surface area contributed by atoms with Gasteiger partial charge in [0.25, 0.3) is 0 Å². The number of carbonyl (C=O) groups excluding carboxylic acids is 1. The van der Waals surface area contributed by atoms with Crippen molar-refractivity contribution in [3.05, 3.63) is 0 Å². The lowest BCUT2D eigenvalue weighted by atomic mass is 9.79. The van der Waals surface area contributed by atoms with E-state index in [-0.39, 0.29) is 5.92 Å². The number of nitrogens with two attached hydrogens (primary N) is 1. The first-order valence-corrected chi connectivity index (χ1v) is 5.86. The van der Waals surface area contributed by atoms with Crippen molar-refractivity contribution in [1.29, 1.82) is 0 Å². The summed E-state index contributed by atoms with van der Waals surface area (Å²) >= 11 is 0. The highest BCUT2D eigenvalue weighted by molar-refractivity contribution is 5.81. The Balaban J connectivity index is 2.30. The summed E-state index contributed by atoms with van der Waals surface area (Å²) in [4.78, 5) is 11.8. The molecule has 1 rings (SSSR count). The second-order valence-corrected chi connectivity index (χ2v) is 5.03. The van der Waals surface area contributed by atoms with E-state index in [1.54, 1.807) is 0 Å². The molecule has 0 amide bonds. The van der Waals surface area contributed by atoms with E-state index >= 15 is 0 Å². The minimum atomic E-state index is 0.121. The van der Waals surface area contributed by atoms with Gasteiger partial charge in [-0.05, 0) is 18.3 Å². The average molecular weight is 197 g/mol. The molecular weight excluding hydrogens is 174 g/mol. The van der Waals surface area contributed by atoms with Crippen LogP contribution in [0.5, 0.6) is 0 Å². The normalized spacial score (nSPS) is 19.4. The summed E-state index contributed by atoms with van der Waals surface area (Å²) in [5, 5.41) is 0. The van der Waals surface area contributed by atoms with Crippen molar-refractivity contribution in [1.82, 2.24) is 0 Å². The van der Waals surface area contributed by atoms with E-state index in [9.17, 15) is 4.79 Å². The molecule has 1 aliphatic rings. The van der Waals surface area contributed by atoms with E-state index in [4.69, 9.17) is 5.73 Å². The maximum absolute atomic E-state index is 11.8. The minimum Gasteiger partial charge on any atom is -0.330 e. The van der Waals surface area contributed by atoms with Gasteiger partial charge in [-0.15, -0.1) is 0 Å². The molecule has 1 fully saturated rings. The SMILES string of the molecule is CC(C)CC(CN)C(=O)CC1CCC1. The summed E-state index contributed by atoms with van der Waals surface area (Å²) in [6, 6.07) is 0. The molecule has 0 aromatic carbocycles. The molecule has 0 aliphatic heterocycles. The molecule has 1 saturated carbocycles. The van der Waals surface area contributed by atoms with Crippen molar-refractivity contribution >= 4 is 5.78 Å². The Labute approximate surface area is 87.2 Å². The summed E-state index contributed by atoms with van der Waals surface area (Å²) in [7, 11) is 0. The Morgan fingerprint density at radius 3 is 2.43 bits per heavy atom. The highest BCUT2D eigenvalue weighted by Crippen LogP contribution is 2.31. The van der Waals surface area contributed by atoms with Gasteiger partial charge in [-0.3, -0.25) is 4.79 Å². The third-order valence-electron chi connectivity index (χ3n) is 3.21. The molecule has 1 atom stereocenters. The number of hydrogen-bond acceptors (Lipinski definition) is 2. The molecule has 2 N–H and O–H groups in total. The average Bonchev–Trinajstić information content (AvgIpc) is 2.06. The van der Waals surface area contributed by atoms with Crippen molar-refractivity contribution < 1.29 is 4.79 Å². The Kier molecular flexibility index (Phi) is 4.59. The van der Waals surface area contributed by atoms with Crippen LogP contribution in [0.3, 0.4) is 0 Å². The van der Waals surface area contributed by atoms with Crippen molar-refractivity contribution in [2.75, 3.05) is 6.54 Å². The van der Waals surface area contributed by atoms with Crippen LogP contribution >= 0.6 is 0 Å². The van der Waals surface area contributed by atoms with E-state index < -0.39 is 0 Å². The summed E-state index contributed by atoms with van der Waals surface area (Å²) < 4.78 is 0. The van der Waals surface area contributed by atoms with E-state index in [1.807, 2.05) is 0 Å². The van der Waals surface area contributed by atoms with E-state index in [0.29, 0.717) is 24.2 Å². The van der Waals surface area contributed by atoms with Gasteiger partial charge in [0.05, 0.1) is 0 Å². The number of carbonyl (C=O) groups is 1. The number of hydrogen-bond donors (Lipinski definition) is 1. The lowest BCUT2D eigenvalue weighted by Gasteiger charge is -2.26. The molecule has 0 aromatic heterocycles. The zero-order chi connectivity index (χ0) is 10.6. The van der Waals surface area contributed by atoms with Crippen LogP contribution in [0.25, 0.3) is 0 Å². The van der Waals surface area contributed by atoms with Gasteiger partial charge in [0, 0.05) is 18.9 Å². The van der Waals surface area contributed by atoms with Gasteiger partial charge in [0.1, 0.15) is 5.78 Å². The fraction of sp³-hybridized carbons (Fsp3) is 0.917. The van der Waals surface area contributed by atoms with Gasteiger partial charge >= 0.3 is 0 Å². The second-order valence-electron chi connectivity index (χ2n) is 5.03. The monoisotopic (exact) mass is 197 g/mol. The lowest BCUT2D eigenvalue weighted by Crippen LogP contribution is -2.28. The Morgan fingerprint density at radius 2 is 2.07 bits per heavy atom. The van der Waals surface area contributed by atoms with Gasteiger partial charge in [-0.25, -0.2) is 0 Å². The van der Waals surface area contributed by atoms with Crippen LogP contribution in [0.4, 0.5) is 0 Å². The quantitative estimate of drug-likeness (QED) is 0.710. The second kappa shape index (κ2) is 5.50. The number of Topliss-reactive ketones (excluding diaryl/α,β-unsaturated/α-hetero) is 1. The molecule has 2 heteroatoms. The predicted octanol–water partition coefficient (Wildman–Crippen LogP) is 2.37. The van der Waals surface area contributed by atoms with E-state index in [0.717, 1.165) is 12.8 Å². The molecule has 0 spiro atoms. The lowest BCUT2D eigenvalue weighted by molar-refractivity contribution is -0.124. The van der Waals surface area contributed by atoms with Crippen LogP contribution in [0.15, 0.2) is 0 Å². The molecule has 0 heterocycles. The van der Waals surface area contributed by atoms with Crippen LogP contribution < -0.4 is 5.73 Å². The molecule has 1 unspecified atom stereocenters. The van der Waals surface area contributed by atoms with Crippen LogP contribution in [0, 0.1) is 17.8 Å². The van der Waals surface area contributed by atoms with Gasteiger partial charge in [0.15, 0.2) is 0 Å². The van der Waals surface area contributed by atoms with Gasteiger partial charge < -0.3 is 5.73 Å². The maximum Gasteiger partial charge on any atom is 0.137 e. The standard InChI is InChI=1S/C12H23NO/c1-9(2)6-11(8-13)12(14)7-10-4-3-5-10/h9-11H,3-8,13H2,1-2H3. The minimum absolute atomic E-state index is 0.121. The smallest absolute Gasteiger partial charge is 0.137 e. The first kappa shape index (κ1) is 11.7. The van der Waals surface area contributed by atoms with Crippen LogP contribution in [0.1, 0.15) is 46.0 Å². The van der Waals surface area contributed by atoms with Crippen molar-refractivity contribution in [2.45, 2.75) is 46.0 Å². The van der Waals surface area contributed by atoms with Crippen LogP contribution in [-0.2, 0) is 4.79 Å². The summed E-state index contributed by atoms with van der Waals surface area (Å²) in [6.45, 7) is 4.84. The number of ketones is 1. The first-order chi connectivity index (χ1) is 6.63. The van der Waals surface area contributed by atoms with E-state index in [2.05, 4.69) is 13.8 Å². The maximum atomic E-state index is 11.8. The third kappa shape index (κ3) is 3.41. The predicted molar refractivity (Wildman–Crippen MR) is 59.0 cm³/mol. The summed E-state index contributed by atoms with van der Waals surface area (Å²) in [5.41, 5.74) is 5.64. The fourth-order valence-electron chi connectivity index (χ4n) is 2.08. The topological polar surface area (TPSA) is 43.1 Å². The largest absolute Gasteiger partial charge is 0.330 e. The molecule has 0 radical (unpaired) electrons. The van der Waals surface area contributed by atoms with Crippen LogP contribution in [-0.4, -0.2) is 12.3 Å². The number of rotatable bonds is 6.